The summed E-state index contributed by atoms with van der Waals surface area (Å²) in [5.74, 6) is -0.111. The molecule has 94 valence electrons. The van der Waals surface area contributed by atoms with Gasteiger partial charge in [-0.05, 0) is 30.7 Å². The van der Waals surface area contributed by atoms with Gasteiger partial charge in [-0.25, -0.2) is 4.39 Å². The summed E-state index contributed by atoms with van der Waals surface area (Å²) < 4.78 is 19.0. The second-order valence-corrected chi connectivity index (χ2v) is 4.04. The number of pyridine rings is 1. The molecule has 0 bridgehead atoms. The average molecular weight is 246 g/mol. The third-order valence-electron chi connectivity index (χ3n) is 2.65. The van der Waals surface area contributed by atoms with Crippen LogP contribution in [0.1, 0.15) is 16.8 Å². The second kappa shape index (κ2) is 5.60. The summed E-state index contributed by atoms with van der Waals surface area (Å²) in [4.78, 5) is 4.15. The zero-order valence-corrected chi connectivity index (χ0v) is 10.2. The minimum absolute atomic E-state index is 0.252. The highest BCUT2D eigenvalue weighted by Crippen LogP contribution is 2.20. The number of benzene rings is 1. The summed E-state index contributed by atoms with van der Waals surface area (Å²) >= 11 is 0. The Hall–Kier alpha value is -1.94. The van der Waals surface area contributed by atoms with Crippen molar-refractivity contribution < 1.29 is 9.13 Å². The lowest BCUT2D eigenvalue weighted by Crippen LogP contribution is -2.07. The molecule has 0 spiro atoms. The average Bonchev–Trinajstić information content (AvgIpc) is 2.40. The van der Waals surface area contributed by atoms with Crippen LogP contribution in [0.25, 0.3) is 0 Å². The fraction of sp³-hybridized carbons (Fsp3) is 0.214. The van der Waals surface area contributed by atoms with Gasteiger partial charge in [0.25, 0.3) is 0 Å². The van der Waals surface area contributed by atoms with E-state index in [0.29, 0.717) is 6.54 Å². The number of nitrogens with two attached hydrogens (primary N) is 1. The molecule has 1 aromatic heterocycles. The fourth-order valence-electron chi connectivity index (χ4n) is 1.66. The summed E-state index contributed by atoms with van der Waals surface area (Å²) in [5.41, 5.74) is 8.18. The Morgan fingerprint density at radius 2 is 2.17 bits per heavy atom. The predicted octanol–water partition coefficient (Wildman–Crippen LogP) is 2.57. The van der Waals surface area contributed by atoms with Crippen molar-refractivity contribution in [1.29, 1.82) is 0 Å². The van der Waals surface area contributed by atoms with E-state index in [4.69, 9.17) is 10.5 Å². The van der Waals surface area contributed by atoms with Gasteiger partial charge in [0, 0.05) is 18.3 Å². The van der Waals surface area contributed by atoms with Gasteiger partial charge in [-0.15, -0.1) is 0 Å². The van der Waals surface area contributed by atoms with Crippen LogP contribution in [-0.2, 0) is 13.2 Å². The van der Waals surface area contributed by atoms with E-state index in [1.54, 1.807) is 18.3 Å². The van der Waals surface area contributed by atoms with Crippen molar-refractivity contribution in [3.05, 3.63) is 59.2 Å². The van der Waals surface area contributed by atoms with Gasteiger partial charge in [0.2, 0.25) is 0 Å². The van der Waals surface area contributed by atoms with Crippen LogP contribution in [0.15, 0.2) is 36.5 Å². The maximum atomic E-state index is 13.5. The normalized spacial score (nSPS) is 10.4. The Bertz CT molecular complexity index is 543. The first-order valence-corrected chi connectivity index (χ1v) is 5.72. The van der Waals surface area contributed by atoms with Crippen molar-refractivity contribution in [3.8, 4) is 5.75 Å². The third-order valence-corrected chi connectivity index (χ3v) is 2.65. The lowest BCUT2D eigenvalue weighted by atomic mass is 10.2. The van der Waals surface area contributed by atoms with Crippen molar-refractivity contribution in [2.75, 3.05) is 0 Å². The molecule has 0 saturated carbocycles. The summed E-state index contributed by atoms with van der Waals surface area (Å²) in [6.07, 6.45) is 1.68. The number of halogens is 1. The molecule has 1 heterocycles. The number of nitrogens with zero attached hydrogens (tertiary/aromatic N) is 1. The topological polar surface area (TPSA) is 48.1 Å². The highest BCUT2D eigenvalue weighted by Gasteiger charge is 2.06. The second-order valence-electron chi connectivity index (χ2n) is 4.04. The van der Waals surface area contributed by atoms with E-state index in [0.717, 1.165) is 16.8 Å². The molecule has 18 heavy (non-hydrogen) atoms. The van der Waals surface area contributed by atoms with Crippen LogP contribution in [0.3, 0.4) is 0 Å². The van der Waals surface area contributed by atoms with E-state index in [9.17, 15) is 4.39 Å². The van der Waals surface area contributed by atoms with E-state index < -0.39 is 0 Å². The smallest absolute Gasteiger partial charge is 0.165 e. The standard InChI is InChI=1S/C14H15FN2O/c1-10-4-5-12(15)14(7-10)18-9-11-3-2-6-17-13(11)8-16/h2-7H,8-9,16H2,1H3. The third kappa shape index (κ3) is 2.84. The SMILES string of the molecule is Cc1ccc(F)c(OCc2cccnc2CN)c1. The minimum Gasteiger partial charge on any atom is -0.486 e. The number of rotatable bonds is 4. The molecule has 0 aliphatic heterocycles. The van der Waals surface area contributed by atoms with Crippen LogP contribution in [-0.4, -0.2) is 4.98 Å². The Morgan fingerprint density at radius 1 is 1.33 bits per heavy atom. The molecule has 0 amide bonds. The summed E-state index contributed by atoms with van der Waals surface area (Å²) in [6.45, 7) is 2.50. The molecule has 1 aromatic carbocycles. The molecule has 2 rings (SSSR count). The molecule has 2 aromatic rings. The number of aryl methyl sites for hydroxylation is 1. The van der Waals surface area contributed by atoms with Crippen LogP contribution in [0.5, 0.6) is 5.75 Å². The Labute approximate surface area is 105 Å². The van der Waals surface area contributed by atoms with Crippen molar-refractivity contribution >= 4 is 0 Å². The van der Waals surface area contributed by atoms with Crippen molar-refractivity contribution in [3.63, 3.8) is 0 Å². The van der Waals surface area contributed by atoms with Gasteiger partial charge in [-0.3, -0.25) is 4.98 Å². The zero-order chi connectivity index (χ0) is 13.0. The van der Waals surface area contributed by atoms with Crippen molar-refractivity contribution in [2.45, 2.75) is 20.1 Å². The molecule has 4 heteroatoms. The lowest BCUT2D eigenvalue weighted by Gasteiger charge is -2.10. The molecule has 0 fully saturated rings. The summed E-state index contributed by atoms with van der Waals surface area (Å²) in [7, 11) is 0. The number of ether oxygens (including phenoxy) is 1. The molecule has 0 unspecified atom stereocenters. The van der Waals surface area contributed by atoms with Crippen LogP contribution in [0.4, 0.5) is 4.39 Å². The monoisotopic (exact) mass is 246 g/mol. The Balaban J connectivity index is 2.14. The van der Waals surface area contributed by atoms with Gasteiger partial charge < -0.3 is 10.5 Å². The number of hydrogen-bond acceptors (Lipinski definition) is 3. The maximum absolute atomic E-state index is 13.5. The number of aromatic nitrogens is 1. The minimum atomic E-state index is -0.362. The first-order valence-electron chi connectivity index (χ1n) is 5.72. The first-order chi connectivity index (χ1) is 8.70. The number of hydrogen-bond donors (Lipinski definition) is 1. The molecule has 0 saturated heterocycles. The first kappa shape index (κ1) is 12.5. The molecular weight excluding hydrogens is 231 g/mol. The lowest BCUT2D eigenvalue weighted by molar-refractivity contribution is 0.288. The van der Waals surface area contributed by atoms with Crippen LogP contribution >= 0.6 is 0 Å². The quantitative estimate of drug-likeness (QED) is 0.902. The van der Waals surface area contributed by atoms with E-state index in [1.807, 2.05) is 19.1 Å². The van der Waals surface area contributed by atoms with Gasteiger partial charge in [0.1, 0.15) is 6.61 Å². The van der Waals surface area contributed by atoms with Crippen molar-refractivity contribution in [2.24, 2.45) is 5.73 Å². The van der Waals surface area contributed by atoms with E-state index >= 15 is 0 Å². The van der Waals surface area contributed by atoms with Gasteiger partial charge in [0.15, 0.2) is 11.6 Å². The van der Waals surface area contributed by atoms with Gasteiger partial charge >= 0.3 is 0 Å². The van der Waals surface area contributed by atoms with E-state index in [2.05, 4.69) is 4.98 Å². The molecule has 0 radical (unpaired) electrons. The van der Waals surface area contributed by atoms with Gasteiger partial charge in [-0.1, -0.05) is 12.1 Å². The molecule has 0 atom stereocenters. The van der Waals surface area contributed by atoms with E-state index in [1.165, 1.54) is 6.07 Å². The largest absolute Gasteiger partial charge is 0.486 e. The molecule has 2 N–H and O–H groups in total. The van der Waals surface area contributed by atoms with Crippen LogP contribution in [0.2, 0.25) is 0 Å². The van der Waals surface area contributed by atoms with Gasteiger partial charge in [-0.2, -0.15) is 0 Å². The fourth-order valence-corrected chi connectivity index (χ4v) is 1.66. The summed E-state index contributed by atoms with van der Waals surface area (Å²) in [6, 6.07) is 8.47. The molecular formula is C14H15FN2O. The van der Waals surface area contributed by atoms with Crippen LogP contribution < -0.4 is 10.5 Å². The molecule has 0 aliphatic carbocycles. The Kier molecular flexibility index (Phi) is 3.89. The zero-order valence-electron chi connectivity index (χ0n) is 10.2. The highest BCUT2D eigenvalue weighted by molar-refractivity contribution is 5.30. The molecule has 0 aliphatic rings. The van der Waals surface area contributed by atoms with Crippen molar-refractivity contribution in [1.82, 2.24) is 4.98 Å². The van der Waals surface area contributed by atoms with Gasteiger partial charge in [0.05, 0.1) is 5.69 Å². The predicted molar refractivity (Wildman–Crippen MR) is 67.6 cm³/mol. The Morgan fingerprint density at radius 3 is 2.94 bits per heavy atom. The highest BCUT2D eigenvalue weighted by atomic mass is 19.1. The molecule has 3 nitrogen and oxygen atoms in total. The van der Waals surface area contributed by atoms with E-state index in [-0.39, 0.29) is 18.2 Å². The summed E-state index contributed by atoms with van der Waals surface area (Å²) in [5, 5.41) is 0. The van der Waals surface area contributed by atoms with Crippen LogP contribution in [0, 0.1) is 12.7 Å². The maximum Gasteiger partial charge on any atom is 0.165 e.